The average molecular weight is 281 g/mol. The maximum absolute atomic E-state index is 11.9. The van der Waals surface area contributed by atoms with Crippen LogP contribution in [0.1, 0.15) is 25.0 Å². The van der Waals surface area contributed by atoms with Crippen LogP contribution >= 0.6 is 0 Å². The zero-order valence-electron chi connectivity index (χ0n) is 11.1. The van der Waals surface area contributed by atoms with E-state index in [1.807, 2.05) is 19.9 Å². The summed E-state index contributed by atoms with van der Waals surface area (Å²) in [5.74, 6) is 0.0671. The van der Waals surface area contributed by atoms with Gasteiger partial charge in [0.25, 0.3) is 0 Å². The molecule has 0 bridgehead atoms. The fraction of sp³-hybridized carbons (Fsp3) is 0.462. The molecule has 3 N–H and O–H groups in total. The van der Waals surface area contributed by atoms with E-state index in [0.29, 0.717) is 11.1 Å². The number of sulfonamides is 1. The maximum Gasteiger partial charge on any atom is 0.215 e. The van der Waals surface area contributed by atoms with Gasteiger partial charge in [-0.3, -0.25) is 0 Å². The normalized spacial score (nSPS) is 13.2. The Morgan fingerprint density at radius 3 is 2.68 bits per heavy atom. The highest BCUT2D eigenvalue weighted by Gasteiger charge is 2.15. The third-order valence-electron chi connectivity index (χ3n) is 2.81. The van der Waals surface area contributed by atoms with Gasteiger partial charge in [0.05, 0.1) is 17.4 Å². The molecule has 1 unspecified atom stereocenters. The first-order valence-corrected chi connectivity index (χ1v) is 7.71. The van der Waals surface area contributed by atoms with E-state index in [1.54, 1.807) is 24.3 Å². The SMILES string of the molecule is CC(C)C(N)CNS(=O)(=O)Cc1cccc(C#N)c1. The summed E-state index contributed by atoms with van der Waals surface area (Å²) in [5.41, 5.74) is 6.83. The van der Waals surface area contributed by atoms with Gasteiger partial charge in [0.2, 0.25) is 10.0 Å². The first kappa shape index (κ1) is 15.6. The van der Waals surface area contributed by atoms with Crippen molar-refractivity contribution in [2.45, 2.75) is 25.6 Å². The van der Waals surface area contributed by atoms with Crippen molar-refractivity contribution >= 4 is 10.0 Å². The van der Waals surface area contributed by atoms with Gasteiger partial charge in [0.1, 0.15) is 0 Å². The number of hydrogen-bond acceptors (Lipinski definition) is 4. The molecule has 19 heavy (non-hydrogen) atoms. The molecule has 1 aromatic carbocycles. The average Bonchev–Trinajstić information content (AvgIpc) is 2.35. The molecule has 6 heteroatoms. The predicted octanol–water partition coefficient (Wildman–Crippen LogP) is 0.961. The number of hydrogen-bond donors (Lipinski definition) is 2. The number of nitriles is 1. The number of nitrogens with one attached hydrogen (secondary N) is 1. The smallest absolute Gasteiger partial charge is 0.215 e. The first-order valence-electron chi connectivity index (χ1n) is 6.06. The summed E-state index contributed by atoms with van der Waals surface area (Å²) in [6.07, 6.45) is 0. The maximum atomic E-state index is 11.9. The second kappa shape index (κ2) is 6.66. The predicted molar refractivity (Wildman–Crippen MR) is 74.6 cm³/mol. The van der Waals surface area contributed by atoms with Gasteiger partial charge in [0.15, 0.2) is 0 Å². The summed E-state index contributed by atoms with van der Waals surface area (Å²) >= 11 is 0. The zero-order valence-corrected chi connectivity index (χ0v) is 11.9. The lowest BCUT2D eigenvalue weighted by Crippen LogP contribution is -2.40. The van der Waals surface area contributed by atoms with Crippen LogP contribution in [0, 0.1) is 17.2 Å². The van der Waals surface area contributed by atoms with Crippen molar-refractivity contribution < 1.29 is 8.42 Å². The Morgan fingerprint density at radius 2 is 2.11 bits per heavy atom. The Bertz CT molecular complexity index is 561. The number of nitrogens with two attached hydrogens (primary N) is 1. The highest BCUT2D eigenvalue weighted by atomic mass is 32.2. The summed E-state index contributed by atoms with van der Waals surface area (Å²) in [6, 6.07) is 8.34. The summed E-state index contributed by atoms with van der Waals surface area (Å²) in [6.45, 7) is 4.10. The van der Waals surface area contributed by atoms with Gasteiger partial charge >= 0.3 is 0 Å². The monoisotopic (exact) mass is 281 g/mol. The standard InChI is InChI=1S/C13H19N3O2S/c1-10(2)13(15)8-16-19(17,18)9-12-5-3-4-11(6-12)7-14/h3-6,10,13,16H,8-9,15H2,1-2H3. The molecule has 5 nitrogen and oxygen atoms in total. The fourth-order valence-electron chi connectivity index (χ4n) is 1.46. The van der Waals surface area contributed by atoms with E-state index in [9.17, 15) is 8.42 Å². The minimum atomic E-state index is -3.43. The molecular weight excluding hydrogens is 262 g/mol. The van der Waals surface area contributed by atoms with Crippen molar-refractivity contribution in [2.75, 3.05) is 6.54 Å². The van der Waals surface area contributed by atoms with Crippen LogP contribution in [-0.2, 0) is 15.8 Å². The Hall–Kier alpha value is -1.42. The number of benzene rings is 1. The van der Waals surface area contributed by atoms with Gasteiger partial charge in [0, 0.05) is 12.6 Å². The van der Waals surface area contributed by atoms with Crippen LogP contribution in [0.4, 0.5) is 0 Å². The molecule has 0 saturated heterocycles. The summed E-state index contributed by atoms with van der Waals surface area (Å²) in [7, 11) is -3.43. The number of rotatable bonds is 6. The molecule has 0 aliphatic heterocycles. The zero-order chi connectivity index (χ0) is 14.5. The quantitative estimate of drug-likeness (QED) is 0.811. The van der Waals surface area contributed by atoms with Crippen LogP contribution in [-0.4, -0.2) is 21.0 Å². The highest BCUT2D eigenvalue weighted by molar-refractivity contribution is 7.88. The highest BCUT2D eigenvalue weighted by Crippen LogP contribution is 2.08. The minimum Gasteiger partial charge on any atom is -0.326 e. The van der Waals surface area contributed by atoms with E-state index < -0.39 is 10.0 Å². The third-order valence-corrected chi connectivity index (χ3v) is 4.13. The Kier molecular flexibility index (Phi) is 5.48. The minimum absolute atomic E-state index is 0.146. The molecule has 0 fully saturated rings. The van der Waals surface area contributed by atoms with Crippen molar-refractivity contribution in [1.82, 2.24) is 4.72 Å². The van der Waals surface area contributed by atoms with Crippen LogP contribution < -0.4 is 10.5 Å². The molecule has 1 aromatic rings. The van der Waals surface area contributed by atoms with Gasteiger partial charge in [-0.15, -0.1) is 0 Å². The first-order chi connectivity index (χ1) is 8.84. The van der Waals surface area contributed by atoms with Crippen molar-refractivity contribution in [3.8, 4) is 6.07 Å². The molecule has 0 saturated carbocycles. The topological polar surface area (TPSA) is 96.0 Å². The largest absolute Gasteiger partial charge is 0.326 e. The van der Waals surface area contributed by atoms with Crippen LogP contribution in [0.5, 0.6) is 0 Å². The second-order valence-corrected chi connectivity index (χ2v) is 6.63. The lowest BCUT2D eigenvalue weighted by Gasteiger charge is -2.16. The fourth-order valence-corrected chi connectivity index (χ4v) is 2.63. The molecule has 0 spiro atoms. The van der Waals surface area contributed by atoms with E-state index >= 15 is 0 Å². The van der Waals surface area contributed by atoms with E-state index in [0.717, 1.165) is 0 Å². The molecule has 0 radical (unpaired) electrons. The van der Waals surface area contributed by atoms with E-state index in [1.165, 1.54) is 0 Å². The van der Waals surface area contributed by atoms with Crippen LogP contribution in [0.25, 0.3) is 0 Å². The van der Waals surface area contributed by atoms with Gasteiger partial charge in [-0.25, -0.2) is 13.1 Å². The van der Waals surface area contributed by atoms with Crippen molar-refractivity contribution in [1.29, 1.82) is 5.26 Å². The molecule has 1 atom stereocenters. The van der Waals surface area contributed by atoms with Gasteiger partial charge in [-0.2, -0.15) is 5.26 Å². The van der Waals surface area contributed by atoms with E-state index in [2.05, 4.69) is 4.72 Å². The third kappa shape index (κ3) is 5.39. The summed E-state index contributed by atoms with van der Waals surface area (Å²) in [4.78, 5) is 0. The number of nitrogens with zero attached hydrogens (tertiary/aromatic N) is 1. The molecular formula is C13H19N3O2S. The lowest BCUT2D eigenvalue weighted by atomic mass is 10.1. The van der Waals surface area contributed by atoms with Crippen LogP contribution in [0.2, 0.25) is 0 Å². The molecule has 0 aliphatic rings. The van der Waals surface area contributed by atoms with E-state index in [4.69, 9.17) is 11.0 Å². The molecule has 0 amide bonds. The van der Waals surface area contributed by atoms with Gasteiger partial charge in [-0.1, -0.05) is 26.0 Å². The van der Waals surface area contributed by atoms with Crippen molar-refractivity contribution in [3.05, 3.63) is 35.4 Å². The Morgan fingerprint density at radius 1 is 1.42 bits per heavy atom. The summed E-state index contributed by atoms with van der Waals surface area (Å²) < 4.78 is 26.2. The van der Waals surface area contributed by atoms with E-state index in [-0.39, 0.29) is 24.3 Å². The second-order valence-electron chi connectivity index (χ2n) is 4.83. The van der Waals surface area contributed by atoms with Crippen molar-refractivity contribution in [2.24, 2.45) is 11.7 Å². The molecule has 0 heterocycles. The lowest BCUT2D eigenvalue weighted by molar-refractivity contribution is 0.481. The molecule has 0 aliphatic carbocycles. The van der Waals surface area contributed by atoms with Crippen LogP contribution in [0.15, 0.2) is 24.3 Å². The molecule has 104 valence electrons. The Labute approximate surface area is 114 Å². The van der Waals surface area contributed by atoms with Crippen LogP contribution in [0.3, 0.4) is 0 Å². The molecule has 0 aromatic heterocycles. The van der Waals surface area contributed by atoms with Crippen molar-refractivity contribution in [3.63, 3.8) is 0 Å². The van der Waals surface area contributed by atoms with Gasteiger partial charge < -0.3 is 5.73 Å². The summed E-state index contributed by atoms with van der Waals surface area (Å²) in [5, 5.41) is 8.77. The molecule has 1 rings (SSSR count). The van der Waals surface area contributed by atoms with Gasteiger partial charge in [-0.05, 0) is 23.6 Å². The Balaban J connectivity index is 2.67.